The number of rotatable bonds is 9. The molecule has 15 heterocycles. The van der Waals surface area contributed by atoms with Crippen molar-refractivity contribution in [3.63, 3.8) is 0 Å². The monoisotopic (exact) mass is 1970 g/mol. The van der Waals surface area contributed by atoms with E-state index in [0.717, 1.165) is 113 Å². The van der Waals surface area contributed by atoms with Crippen molar-refractivity contribution < 1.29 is 51.8 Å². The number of fused-ring (bicyclic) bond motifs is 7. The fourth-order valence-corrected chi connectivity index (χ4v) is 19.5. The van der Waals surface area contributed by atoms with Crippen LogP contribution >= 0.6 is 104 Å². The van der Waals surface area contributed by atoms with Crippen LogP contribution in [0, 0.1) is 5.41 Å². The number of nitrogens with zero attached hydrogens (tertiary/aromatic N) is 14. The average molecular weight is 1970 g/mol. The number of halogens is 5. The molecular weight excluding hydrogens is 1870 g/mol. The highest BCUT2D eigenvalue weighted by atomic mass is 35.5. The molecule has 0 atom stereocenters. The Morgan fingerprint density at radius 1 is 0.455 bits per heavy atom. The van der Waals surface area contributed by atoms with Gasteiger partial charge in [-0.2, -0.15) is 24.5 Å². The first-order valence-corrected chi connectivity index (χ1v) is 46.4. The number of anilines is 4. The van der Waals surface area contributed by atoms with Crippen LogP contribution in [0.1, 0.15) is 77.7 Å². The summed E-state index contributed by atoms with van der Waals surface area (Å²) >= 11 is 30.7. The molecule has 11 aromatic heterocycles. The predicted octanol–water partition coefficient (Wildman–Crippen LogP) is 17.8. The Hall–Kier alpha value is -11.4. The van der Waals surface area contributed by atoms with Crippen LogP contribution in [0.3, 0.4) is 0 Å². The number of ether oxygens (including phenoxy) is 2. The summed E-state index contributed by atoms with van der Waals surface area (Å²) in [5, 5.41) is 17.9. The number of aromatic nitrogens is 8. The van der Waals surface area contributed by atoms with Gasteiger partial charge in [-0.25, -0.2) is 43.9 Å². The maximum atomic E-state index is 12.8. The van der Waals surface area contributed by atoms with Crippen molar-refractivity contribution in [3.05, 3.63) is 212 Å². The van der Waals surface area contributed by atoms with Crippen molar-refractivity contribution in [2.24, 2.45) is 5.41 Å². The number of piperazine rings is 4. The lowest BCUT2D eigenvalue weighted by Gasteiger charge is -2.36. The quantitative estimate of drug-likeness (QED) is 0.113. The van der Waals surface area contributed by atoms with E-state index in [-0.39, 0.29) is 47.4 Å². The minimum atomic E-state index is -0.526. The molecule has 19 rings (SSSR count). The van der Waals surface area contributed by atoms with Crippen molar-refractivity contribution >= 4 is 226 Å². The van der Waals surface area contributed by atoms with Gasteiger partial charge < -0.3 is 72.4 Å². The molecule has 4 aromatic carbocycles. The van der Waals surface area contributed by atoms with Gasteiger partial charge in [0, 0.05) is 134 Å². The summed E-state index contributed by atoms with van der Waals surface area (Å²) in [5.74, 6) is 3.01. The second-order valence-corrected chi connectivity index (χ2v) is 39.4. The first-order chi connectivity index (χ1) is 62.6. The summed E-state index contributed by atoms with van der Waals surface area (Å²) in [5.41, 5.74) is 2.79. The predicted molar refractivity (Wildman–Crippen MR) is 527 cm³/mol. The number of H-pyrrole nitrogens is 1. The van der Waals surface area contributed by atoms with E-state index >= 15 is 0 Å². The first kappa shape index (κ1) is 99.6. The number of carbonyl (C=O) groups is 3. The van der Waals surface area contributed by atoms with Gasteiger partial charge in [-0.3, -0.25) is 9.59 Å². The molecule has 4 aliphatic rings. The largest absolute Gasteiger partial charge is 0.444 e. The zero-order valence-electron chi connectivity index (χ0n) is 73.9. The van der Waals surface area contributed by atoms with Gasteiger partial charge in [-0.15, -0.1) is 57.8 Å². The Kier molecular flexibility index (Phi) is 33.2. The lowest BCUT2D eigenvalue weighted by Crippen LogP contribution is -2.50. The van der Waals surface area contributed by atoms with Crippen LogP contribution in [0.4, 0.5) is 32.9 Å². The van der Waals surface area contributed by atoms with E-state index < -0.39 is 33.6 Å². The fraction of sp³-hybridized carbons (Fsp3) is 0.337. The molecule has 0 bridgehead atoms. The molecule has 40 heteroatoms. The van der Waals surface area contributed by atoms with Crippen LogP contribution in [-0.4, -0.2) is 214 Å². The van der Waals surface area contributed by atoms with E-state index in [0.29, 0.717) is 150 Å². The molecular formula is C92H95Cl5N16O15S4. The van der Waals surface area contributed by atoms with Gasteiger partial charge >= 0.3 is 35.2 Å². The van der Waals surface area contributed by atoms with Crippen LogP contribution in [-0.2, 0) is 25.5 Å². The molecule has 2 amide bonds. The topological polar surface area (TPSA) is 372 Å². The standard InChI is InChI=1S/C24H23ClN4O4S.C20H17ClN4O2S.C19H15ClN4O2S.C15H21N3O4.C12H14ClNS.CO2.CH4O.ClH/c1-24(2,3)33-23(31)29-11-9-28(10-12-29)18-8-7-14-13-15(22(30)32-20(14)26-18)21-27-19-16(25)5-4-6-17(19)34-21;1-24-7-9-25(10-8-24)16-6-5-12-11-13(20(26)27-18(12)22-16)19-23-17-14(21)3-2-4-15(17)28-19;20-13-2-1-3-14-16(13)23-18(27-14)12-10-11-4-5-15(22-17(11)26-19(12)25)24-8-6-21-7-9-24;1-15(2,3)22-14(21)18-8-6-17(7-9-18)12-5-4-11(10-19)13(20)16-12;1-12(2,3)7-10-14-11-8(13)5-4-6-9(11)15-10;2-1-3;1-2;/h4-8,13H,9-12H2,1-3H3;2-6,11H,7-10H2,1H3;1-5,10,21H,6-9H2;4-5,10H,6-9H2,1-3H3,(H,16,20);4-6H,7H2,1-3H3;;2H,1H3;1H. The number of carbonyl (C=O) groups excluding carboxylic acids is 5. The summed E-state index contributed by atoms with van der Waals surface area (Å²) in [6.45, 7) is 29.6. The van der Waals surface area contributed by atoms with Crippen LogP contribution in [0.2, 0.25) is 20.1 Å². The molecule has 4 fully saturated rings. The molecule has 0 aliphatic carbocycles. The van der Waals surface area contributed by atoms with Gasteiger partial charge in [0.05, 0.1) is 66.2 Å². The highest BCUT2D eigenvalue weighted by Gasteiger charge is 2.30. The van der Waals surface area contributed by atoms with E-state index in [1.54, 1.807) is 63.6 Å². The Labute approximate surface area is 799 Å². The number of aliphatic hydroxyl groups excluding tert-OH is 1. The molecule has 132 heavy (non-hydrogen) atoms. The number of hydrogen-bond acceptors (Lipinski definition) is 32. The highest BCUT2D eigenvalue weighted by molar-refractivity contribution is 7.22. The Morgan fingerprint density at radius 2 is 0.788 bits per heavy atom. The van der Waals surface area contributed by atoms with E-state index in [4.69, 9.17) is 83.8 Å². The number of aliphatic hydroxyl groups is 1. The van der Waals surface area contributed by atoms with Crippen molar-refractivity contribution in [1.82, 2.24) is 59.9 Å². The molecule has 15 aromatic rings. The molecule has 4 aliphatic heterocycles. The normalized spacial score (nSPS) is 14.2. The van der Waals surface area contributed by atoms with Crippen molar-refractivity contribution in [2.45, 2.75) is 79.9 Å². The Morgan fingerprint density at radius 3 is 1.11 bits per heavy atom. The van der Waals surface area contributed by atoms with Crippen LogP contribution in [0.25, 0.3) is 106 Å². The third-order valence-corrected chi connectivity index (χ3v) is 25.9. The maximum absolute atomic E-state index is 12.8. The van der Waals surface area contributed by atoms with Gasteiger partial charge in [0.2, 0.25) is 17.1 Å². The summed E-state index contributed by atoms with van der Waals surface area (Å²) in [4.78, 5) is 149. The van der Waals surface area contributed by atoms with Crippen molar-refractivity contribution in [2.75, 3.05) is 138 Å². The number of benzene rings is 4. The van der Waals surface area contributed by atoms with Gasteiger partial charge in [0.25, 0.3) is 5.56 Å². The number of pyridine rings is 4. The SMILES string of the molecule is CC(C)(C)Cc1nc2c(Cl)cccc2s1.CC(C)(C)OC(=O)N1CCN(c2ccc(C=O)c(=O)[nH]2)CC1.CC(C)(C)OC(=O)N1CCN(c2ccc3cc(-c4nc5c(Cl)cccc5s4)c(=O)oc3n2)CC1.CN1CCN(c2ccc3cc(-c4nc5c(Cl)cccc5s4)c(=O)oc3n2)CC1.CO.Cl.O=C=O.O=c1oc2nc(N3CCNCC3)ccc2cc1-c1nc2c(Cl)cccc2s1. The number of amides is 2. The maximum Gasteiger partial charge on any atom is 0.410 e. The van der Waals surface area contributed by atoms with Gasteiger partial charge in [-0.05, 0) is 169 Å². The zero-order chi connectivity index (χ0) is 93.8. The van der Waals surface area contributed by atoms with Crippen LogP contribution in [0.15, 0.2) is 172 Å². The molecule has 4 saturated heterocycles. The molecule has 0 radical (unpaired) electrons. The van der Waals surface area contributed by atoms with E-state index in [2.05, 4.69) is 98.7 Å². The molecule has 0 unspecified atom stereocenters. The summed E-state index contributed by atoms with van der Waals surface area (Å²) in [6.07, 6.45) is 1.15. The summed E-state index contributed by atoms with van der Waals surface area (Å²) in [6, 6.07) is 42.8. The molecule has 0 saturated carbocycles. The van der Waals surface area contributed by atoms with E-state index in [9.17, 15) is 33.6 Å². The molecule has 3 N–H and O–H groups in total. The smallest absolute Gasteiger partial charge is 0.410 e. The minimum Gasteiger partial charge on any atom is -0.444 e. The lowest BCUT2D eigenvalue weighted by molar-refractivity contribution is -0.191. The summed E-state index contributed by atoms with van der Waals surface area (Å²) < 4.78 is 31.4. The third kappa shape index (κ3) is 25.1. The highest BCUT2D eigenvalue weighted by Crippen LogP contribution is 2.39. The molecule has 31 nitrogen and oxygen atoms in total. The molecule has 0 spiro atoms. The fourth-order valence-electron chi connectivity index (χ4n) is 14.1. The number of hydrogen-bond donors (Lipinski definition) is 3. The van der Waals surface area contributed by atoms with Gasteiger partial charge in [-0.1, -0.05) is 91.4 Å². The van der Waals surface area contributed by atoms with Crippen molar-refractivity contribution in [3.8, 4) is 31.7 Å². The average Bonchev–Trinajstić information content (AvgIpc) is 1.55. The van der Waals surface area contributed by atoms with E-state index in [1.165, 1.54) is 49.8 Å². The second-order valence-electron chi connectivity index (χ2n) is 33.5. The van der Waals surface area contributed by atoms with Crippen molar-refractivity contribution in [1.29, 1.82) is 0 Å². The zero-order valence-corrected chi connectivity index (χ0v) is 81.0. The Balaban J connectivity index is 0.000000150. The number of likely N-dealkylation sites (N-methyl/N-ethyl adjacent to an activating group) is 1. The van der Waals surface area contributed by atoms with Crippen LogP contribution in [0.5, 0.6) is 0 Å². The number of thiazole rings is 4. The van der Waals surface area contributed by atoms with Gasteiger partial charge in [0.1, 0.15) is 71.6 Å². The number of aldehydes is 1. The van der Waals surface area contributed by atoms with Crippen LogP contribution < -0.4 is 47.4 Å². The number of aromatic amines is 1. The lowest BCUT2D eigenvalue weighted by atomic mass is 9.93. The third-order valence-electron chi connectivity index (χ3n) is 20.5. The van der Waals surface area contributed by atoms with E-state index in [1.807, 2.05) is 131 Å². The Bertz CT molecular complexity index is 6950. The molecule has 692 valence electrons. The minimum absolute atomic E-state index is 0. The number of para-hydroxylation sites is 4. The summed E-state index contributed by atoms with van der Waals surface area (Å²) in [7, 11) is 3.11. The second kappa shape index (κ2) is 44.0. The van der Waals surface area contributed by atoms with Gasteiger partial charge in [0.15, 0.2) is 6.29 Å². The first-order valence-electron chi connectivity index (χ1n) is 41.6. The number of nitrogens with one attached hydrogen (secondary N) is 2.